The third kappa shape index (κ3) is 2.10. The maximum absolute atomic E-state index is 12.7. The number of likely N-dealkylation sites (tertiary alicyclic amines) is 1. The first-order valence-electron chi connectivity index (χ1n) is 8.94. The Bertz CT molecular complexity index is 479. The number of allylic oxidation sites excluding steroid dienone is 2. The van der Waals surface area contributed by atoms with E-state index in [0.29, 0.717) is 35.4 Å². The molecular weight excluding hydrogens is 276 g/mol. The van der Waals surface area contributed by atoms with Crippen LogP contribution in [0.3, 0.4) is 0 Å². The van der Waals surface area contributed by atoms with Crippen molar-refractivity contribution in [1.82, 2.24) is 10.2 Å². The van der Waals surface area contributed by atoms with E-state index in [2.05, 4.69) is 36.2 Å². The van der Waals surface area contributed by atoms with Crippen molar-refractivity contribution in [3.05, 3.63) is 12.2 Å². The van der Waals surface area contributed by atoms with Crippen LogP contribution >= 0.6 is 0 Å². The quantitative estimate of drug-likeness (QED) is 0.797. The second-order valence-corrected chi connectivity index (χ2v) is 8.07. The molecule has 2 heterocycles. The van der Waals surface area contributed by atoms with Crippen molar-refractivity contribution in [1.29, 1.82) is 0 Å². The summed E-state index contributed by atoms with van der Waals surface area (Å²) in [7, 11) is 0. The standard InChI is InChI=1S/C18H28N2O2/c1-12(2)16-18(7-3-4-8-18)11-20(16)17(21)19-14-10-15-13(14)6-5-9-22-15/h3-4,12-16H,5-11H2,1-2H3,(H,19,21). The Balaban J connectivity index is 1.37. The van der Waals surface area contributed by atoms with Crippen molar-refractivity contribution >= 4 is 6.03 Å². The number of carbonyl (C=O) groups is 1. The number of nitrogens with zero attached hydrogens (tertiary/aromatic N) is 1. The maximum atomic E-state index is 12.7. The largest absolute Gasteiger partial charge is 0.378 e. The molecule has 4 heteroatoms. The van der Waals surface area contributed by atoms with Gasteiger partial charge in [0.25, 0.3) is 0 Å². The number of urea groups is 1. The van der Waals surface area contributed by atoms with Crippen molar-refractivity contribution in [2.24, 2.45) is 17.3 Å². The molecule has 4 atom stereocenters. The number of amides is 2. The number of ether oxygens (including phenoxy) is 1. The first kappa shape index (κ1) is 14.6. The Morgan fingerprint density at radius 1 is 1.36 bits per heavy atom. The molecule has 0 bridgehead atoms. The molecule has 1 spiro atoms. The van der Waals surface area contributed by atoms with E-state index < -0.39 is 0 Å². The smallest absolute Gasteiger partial charge is 0.317 e. The van der Waals surface area contributed by atoms with Gasteiger partial charge in [-0.3, -0.25) is 0 Å². The van der Waals surface area contributed by atoms with Gasteiger partial charge in [-0.15, -0.1) is 0 Å². The van der Waals surface area contributed by atoms with Crippen LogP contribution < -0.4 is 5.32 Å². The fourth-order valence-corrected chi connectivity index (χ4v) is 5.31. The Hall–Kier alpha value is -1.03. The minimum atomic E-state index is 0.158. The van der Waals surface area contributed by atoms with Crippen LogP contribution in [0.4, 0.5) is 4.79 Å². The van der Waals surface area contributed by atoms with E-state index in [4.69, 9.17) is 4.74 Å². The van der Waals surface area contributed by atoms with Gasteiger partial charge in [0.05, 0.1) is 6.10 Å². The van der Waals surface area contributed by atoms with Crippen molar-refractivity contribution in [2.75, 3.05) is 13.2 Å². The van der Waals surface area contributed by atoms with Crippen molar-refractivity contribution < 1.29 is 9.53 Å². The maximum Gasteiger partial charge on any atom is 0.317 e. The van der Waals surface area contributed by atoms with Gasteiger partial charge in [-0.25, -0.2) is 4.79 Å². The topological polar surface area (TPSA) is 41.6 Å². The molecule has 0 aromatic heterocycles. The minimum absolute atomic E-state index is 0.158. The number of hydrogen-bond acceptors (Lipinski definition) is 2. The number of rotatable bonds is 2. The Labute approximate surface area is 133 Å². The minimum Gasteiger partial charge on any atom is -0.378 e. The monoisotopic (exact) mass is 304 g/mol. The van der Waals surface area contributed by atoms with Crippen LogP contribution in [0.25, 0.3) is 0 Å². The third-order valence-electron chi connectivity index (χ3n) is 6.36. The van der Waals surface area contributed by atoms with E-state index in [1.165, 1.54) is 6.42 Å². The van der Waals surface area contributed by atoms with Gasteiger partial charge in [-0.1, -0.05) is 26.0 Å². The van der Waals surface area contributed by atoms with E-state index in [-0.39, 0.29) is 6.03 Å². The zero-order valence-corrected chi connectivity index (χ0v) is 13.8. The van der Waals surface area contributed by atoms with Crippen LogP contribution in [0.5, 0.6) is 0 Å². The number of fused-ring (bicyclic) bond motifs is 1. The van der Waals surface area contributed by atoms with Gasteiger partial charge in [0, 0.05) is 36.6 Å². The van der Waals surface area contributed by atoms with Gasteiger partial charge in [0.2, 0.25) is 0 Å². The van der Waals surface area contributed by atoms with Gasteiger partial charge < -0.3 is 15.0 Å². The Morgan fingerprint density at radius 3 is 2.82 bits per heavy atom. The molecular formula is C18H28N2O2. The van der Waals surface area contributed by atoms with Gasteiger partial charge in [0.1, 0.15) is 0 Å². The molecule has 1 saturated carbocycles. The molecule has 22 heavy (non-hydrogen) atoms. The summed E-state index contributed by atoms with van der Waals surface area (Å²) in [5.41, 5.74) is 0.335. The van der Waals surface area contributed by atoms with E-state index in [1.807, 2.05) is 0 Å². The molecule has 0 aromatic carbocycles. The summed E-state index contributed by atoms with van der Waals surface area (Å²) in [4.78, 5) is 14.8. The van der Waals surface area contributed by atoms with Gasteiger partial charge in [-0.05, 0) is 38.0 Å². The van der Waals surface area contributed by atoms with E-state index >= 15 is 0 Å². The summed E-state index contributed by atoms with van der Waals surface area (Å²) in [6.45, 7) is 6.32. The highest BCUT2D eigenvalue weighted by Gasteiger charge is 2.56. The van der Waals surface area contributed by atoms with E-state index in [1.54, 1.807) is 0 Å². The predicted octanol–water partition coefficient (Wildman–Crippen LogP) is 2.94. The first-order chi connectivity index (χ1) is 10.6. The van der Waals surface area contributed by atoms with Crippen molar-refractivity contribution in [3.63, 3.8) is 0 Å². The lowest BCUT2D eigenvalue weighted by Gasteiger charge is -2.59. The summed E-state index contributed by atoms with van der Waals surface area (Å²) in [6.07, 6.45) is 10.6. The van der Waals surface area contributed by atoms with Gasteiger partial charge in [0.15, 0.2) is 0 Å². The summed E-state index contributed by atoms with van der Waals surface area (Å²) >= 11 is 0. The molecule has 122 valence electrons. The summed E-state index contributed by atoms with van der Waals surface area (Å²) in [6, 6.07) is 0.884. The van der Waals surface area contributed by atoms with Crippen LogP contribution in [0.15, 0.2) is 12.2 Å². The molecule has 4 rings (SSSR count). The molecule has 4 unspecified atom stereocenters. The summed E-state index contributed by atoms with van der Waals surface area (Å²) in [5, 5.41) is 3.30. The first-order valence-corrected chi connectivity index (χ1v) is 8.94. The van der Waals surface area contributed by atoms with E-state index in [0.717, 1.165) is 38.8 Å². The molecule has 4 nitrogen and oxygen atoms in total. The van der Waals surface area contributed by atoms with Gasteiger partial charge >= 0.3 is 6.03 Å². The van der Waals surface area contributed by atoms with E-state index in [9.17, 15) is 4.79 Å². The second-order valence-electron chi connectivity index (χ2n) is 8.07. The van der Waals surface area contributed by atoms with Crippen LogP contribution in [0.2, 0.25) is 0 Å². The zero-order chi connectivity index (χ0) is 15.3. The zero-order valence-electron chi connectivity index (χ0n) is 13.8. The number of hydrogen-bond donors (Lipinski definition) is 1. The average molecular weight is 304 g/mol. The van der Waals surface area contributed by atoms with Crippen molar-refractivity contribution in [3.8, 4) is 0 Å². The van der Waals surface area contributed by atoms with Crippen LogP contribution in [-0.2, 0) is 4.74 Å². The lowest BCUT2D eigenvalue weighted by molar-refractivity contribution is -0.105. The van der Waals surface area contributed by atoms with Crippen LogP contribution in [0, 0.1) is 17.3 Å². The molecule has 2 saturated heterocycles. The van der Waals surface area contributed by atoms with Crippen LogP contribution in [-0.4, -0.2) is 42.3 Å². The Kier molecular flexibility index (Phi) is 3.48. The highest BCUT2D eigenvalue weighted by Crippen LogP contribution is 2.50. The third-order valence-corrected chi connectivity index (χ3v) is 6.36. The lowest BCUT2D eigenvalue weighted by atomic mass is 9.65. The van der Waals surface area contributed by atoms with Crippen molar-refractivity contribution in [2.45, 2.75) is 64.1 Å². The molecule has 0 aromatic rings. The van der Waals surface area contributed by atoms with Gasteiger partial charge in [-0.2, -0.15) is 0 Å². The predicted molar refractivity (Wildman–Crippen MR) is 85.5 cm³/mol. The normalized spacial score (nSPS) is 38.6. The lowest BCUT2D eigenvalue weighted by Crippen LogP contribution is -2.71. The molecule has 3 fully saturated rings. The fourth-order valence-electron chi connectivity index (χ4n) is 5.31. The molecule has 4 aliphatic rings. The second kappa shape index (κ2) is 5.26. The highest BCUT2D eigenvalue weighted by molar-refractivity contribution is 5.76. The SMILES string of the molecule is CC(C)C1N(C(=O)NC2CC3OCCCC23)CC12CC=CC2. The number of carbonyl (C=O) groups excluding carboxylic acids is 1. The summed E-state index contributed by atoms with van der Waals surface area (Å²) in [5.74, 6) is 1.07. The molecule has 0 radical (unpaired) electrons. The molecule has 2 amide bonds. The molecule has 1 N–H and O–H groups in total. The average Bonchev–Trinajstić information content (AvgIpc) is 2.93. The summed E-state index contributed by atoms with van der Waals surface area (Å²) < 4.78 is 5.75. The molecule has 2 aliphatic carbocycles. The molecule has 2 aliphatic heterocycles. The highest BCUT2D eigenvalue weighted by atomic mass is 16.5. The Morgan fingerprint density at radius 2 is 2.14 bits per heavy atom. The number of nitrogens with one attached hydrogen (secondary N) is 1. The fraction of sp³-hybridized carbons (Fsp3) is 0.833. The van der Waals surface area contributed by atoms with Crippen LogP contribution in [0.1, 0.15) is 46.0 Å².